The lowest BCUT2D eigenvalue weighted by molar-refractivity contribution is -0.309. The van der Waals surface area contributed by atoms with Crippen LogP contribution < -0.4 is 0 Å². The summed E-state index contributed by atoms with van der Waals surface area (Å²) in [5.74, 6) is -3.16. The molecule has 0 heterocycles. The summed E-state index contributed by atoms with van der Waals surface area (Å²) in [6, 6.07) is 0. The van der Waals surface area contributed by atoms with Gasteiger partial charge < -0.3 is 14.2 Å². The monoisotopic (exact) mass is 274 g/mol. The van der Waals surface area contributed by atoms with Gasteiger partial charge in [-0.1, -0.05) is 6.58 Å². The molecule has 0 aromatic carbocycles. The molecule has 110 valence electrons. The molecule has 0 aromatic rings. The van der Waals surface area contributed by atoms with Crippen LogP contribution in [0.15, 0.2) is 12.2 Å². The highest BCUT2D eigenvalue weighted by Crippen LogP contribution is 2.24. The summed E-state index contributed by atoms with van der Waals surface area (Å²) in [4.78, 5) is 22.7. The molecule has 6 nitrogen and oxygen atoms in total. The number of hydrogen-bond donors (Lipinski definition) is 0. The molecule has 19 heavy (non-hydrogen) atoms. The lowest BCUT2D eigenvalue weighted by Crippen LogP contribution is -2.43. The van der Waals surface area contributed by atoms with E-state index in [-0.39, 0.29) is 12.2 Å². The van der Waals surface area contributed by atoms with Crippen molar-refractivity contribution in [1.29, 1.82) is 0 Å². The van der Waals surface area contributed by atoms with Crippen LogP contribution in [0.1, 0.15) is 41.5 Å². The minimum atomic E-state index is -1.30. The molecule has 0 amide bonds. The van der Waals surface area contributed by atoms with Crippen molar-refractivity contribution in [3.05, 3.63) is 12.2 Å². The van der Waals surface area contributed by atoms with E-state index in [1.54, 1.807) is 6.92 Å². The fraction of sp³-hybridized carbons (Fsp3) is 0.692. The first-order chi connectivity index (χ1) is 8.49. The van der Waals surface area contributed by atoms with Gasteiger partial charge in [0.05, 0.1) is 6.61 Å². The summed E-state index contributed by atoms with van der Waals surface area (Å²) < 4.78 is 20.1. The maximum atomic E-state index is 11.4. The molecular formula is C13H22O6. The van der Waals surface area contributed by atoms with E-state index in [1.807, 2.05) is 0 Å². The molecule has 0 unspecified atom stereocenters. The van der Waals surface area contributed by atoms with Crippen LogP contribution in [0.2, 0.25) is 0 Å². The number of esters is 1. The summed E-state index contributed by atoms with van der Waals surface area (Å²) in [5.41, 5.74) is 0.251. The molecule has 6 heteroatoms. The first kappa shape index (κ1) is 17.4. The standard InChI is InChI=1S/C13H22O6/c1-8-16-11(15)18-13(6,7)19-12(4,5)17-10(14)9(2)3/h2,8H2,1,3-7H3. The molecule has 0 rings (SSSR count). The topological polar surface area (TPSA) is 71.1 Å². The van der Waals surface area contributed by atoms with Gasteiger partial charge in [0.2, 0.25) is 11.6 Å². The van der Waals surface area contributed by atoms with E-state index in [9.17, 15) is 9.59 Å². The van der Waals surface area contributed by atoms with Crippen molar-refractivity contribution in [2.45, 2.75) is 53.1 Å². The summed E-state index contributed by atoms with van der Waals surface area (Å²) >= 11 is 0. The predicted octanol–water partition coefficient (Wildman–Crippen LogP) is 2.77. The van der Waals surface area contributed by atoms with Gasteiger partial charge in [-0.3, -0.25) is 4.74 Å². The molecule has 0 aliphatic rings. The predicted molar refractivity (Wildman–Crippen MR) is 68.3 cm³/mol. The molecule has 0 N–H and O–H groups in total. The van der Waals surface area contributed by atoms with E-state index >= 15 is 0 Å². The average molecular weight is 274 g/mol. The smallest absolute Gasteiger partial charge is 0.435 e. The van der Waals surface area contributed by atoms with Crippen molar-refractivity contribution < 1.29 is 28.5 Å². The van der Waals surface area contributed by atoms with E-state index in [1.165, 1.54) is 34.6 Å². The van der Waals surface area contributed by atoms with E-state index in [4.69, 9.17) is 14.2 Å². The molecule has 0 fully saturated rings. The highest BCUT2D eigenvalue weighted by molar-refractivity contribution is 5.87. The van der Waals surface area contributed by atoms with Crippen LogP contribution in [0.3, 0.4) is 0 Å². The number of ether oxygens (including phenoxy) is 4. The molecule has 0 saturated heterocycles. The summed E-state index contributed by atoms with van der Waals surface area (Å²) in [5, 5.41) is 0. The van der Waals surface area contributed by atoms with Gasteiger partial charge in [-0.15, -0.1) is 0 Å². The Balaban J connectivity index is 4.57. The third-order valence-electron chi connectivity index (χ3n) is 1.77. The van der Waals surface area contributed by atoms with Crippen LogP contribution in [0.4, 0.5) is 4.79 Å². The van der Waals surface area contributed by atoms with Crippen LogP contribution in [0.5, 0.6) is 0 Å². The second-order valence-electron chi connectivity index (χ2n) is 4.86. The third-order valence-corrected chi connectivity index (χ3v) is 1.77. The minimum absolute atomic E-state index is 0.197. The van der Waals surface area contributed by atoms with E-state index in [0.29, 0.717) is 0 Å². The largest absolute Gasteiger partial charge is 0.510 e. The van der Waals surface area contributed by atoms with Gasteiger partial charge in [0.25, 0.3) is 0 Å². The Morgan fingerprint density at radius 3 is 1.95 bits per heavy atom. The van der Waals surface area contributed by atoms with Crippen molar-refractivity contribution in [1.82, 2.24) is 0 Å². The lowest BCUT2D eigenvalue weighted by Gasteiger charge is -2.34. The number of rotatable bonds is 6. The molecule has 0 radical (unpaired) electrons. The Hall–Kier alpha value is -1.56. The van der Waals surface area contributed by atoms with Gasteiger partial charge in [-0.2, -0.15) is 0 Å². The molecule has 0 bridgehead atoms. The van der Waals surface area contributed by atoms with E-state index in [2.05, 4.69) is 11.3 Å². The normalized spacial score (nSPS) is 11.7. The van der Waals surface area contributed by atoms with Crippen molar-refractivity contribution in [2.75, 3.05) is 6.61 Å². The molecule has 0 saturated carbocycles. The average Bonchev–Trinajstić information content (AvgIpc) is 2.13. The number of carbonyl (C=O) groups excluding carboxylic acids is 2. The fourth-order valence-corrected chi connectivity index (χ4v) is 1.29. The molecule has 0 aliphatic carbocycles. The van der Waals surface area contributed by atoms with Crippen molar-refractivity contribution >= 4 is 12.1 Å². The zero-order valence-corrected chi connectivity index (χ0v) is 12.4. The molecule has 0 atom stereocenters. The van der Waals surface area contributed by atoms with Gasteiger partial charge in [0, 0.05) is 33.3 Å². The zero-order valence-electron chi connectivity index (χ0n) is 12.4. The van der Waals surface area contributed by atoms with Crippen LogP contribution in [-0.4, -0.2) is 30.3 Å². The van der Waals surface area contributed by atoms with Gasteiger partial charge >= 0.3 is 12.1 Å². The molecular weight excluding hydrogens is 252 g/mol. The van der Waals surface area contributed by atoms with Crippen LogP contribution in [-0.2, 0) is 23.7 Å². The third kappa shape index (κ3) is 7.46. The maximum absolute atomic E-state index is 11.4. The zero-order chi connectivity index (χ0) is 15.3. The second kappa shape index (κ2) is 6.56. The molecule has 0 aliphatic heterocycles. The van der Waals surface area contributed by atoms with E-state index in [0.717, 1.165) is 0 Å². The fourth-order valence-electron chi connectivity index (χ4n) is 1.29. The van der Waals surface area contributed by atoms with Gasteiger partial charge in [0.1, 0.15) is 0 Å². The summed E-state index contributed by atoms with van der Waals surface area (Å²) in [6.07, 6.45) is -0.852. The summed E-state index contributed by atoms with van der Waals surface area (Å²) in [7, 11) is 0. The second-order valence-corrected chi connectivity index (χ2v) is 4.86. The highest BCUT2D eigenvalue weighted by Gasteiger charge is 2.35. The first-order valence-electron chi connectivity index (χ1n) is 5.94. The van der Waals surface area contributed by atoms with Crippen molar-refractivity contribution in [3.8, 4) is 0 Å². The van der Waals surface area contributed by atoms with Crippen LogP contribution in [0.25, 0.3) is 0 Å². The Morgan fingerprint density at radius 1 is 1.05 bits per heavy atom. The lowest BCUT2D eigenvalue weighted by atomic mass is 10.3. The van der Waals surface area contributed by atoms with Gasteiger partial charge in [-0.05, 0) is 13.8 Å². The maximum Gasteiger partial charge on any atom is 0.510 e. The Labute approximate surface area is 113 Å². The van der Waals surface area contributed by atoms with Gasteiger partial charge in [0.15, 0.2) is 0 Å². The van der Waals surface area contributed by atoms with Crippen LogP contribution in [0, 0.1) is 0 Å². The van der Waals surface area contributed by atoms with Crippen molar-refractivity contribution in [2.24, 2.45) is 0 Å². The Kier molecular flexibility index (Phi) is 6.02. The SMILES string of the molecule is C=C(C)C(=O)OC(C)(C)OC(C)(C)OC(=O)OCC. The highest BCUT2D eigenvalue weighted by atomic mass is 16.8. The molecule has 0 aromatic heterocycles. The minimum Gasteiger partial charge on any atom is -0.435 e. The Morgan fingerprint density at radius 2 is 1.53 bits per heavy atom. The van der Waals surface area contributed by atoms with Crippen LogP contribution >= 0.6 is 0 Å². The molecule has 0 spiro atoms. The van der Waals surface area contributed by atoms with E-state index < -0.39 is 23.7 Å². The Bertz CT molecular complexity index is 356. The first-order valence-corrected chi connectivity index (χ1v) is 5.94. The number of hydrogen-bond acceptors (Lipinski definition) is 6. The number of carbonyl (C=O) groups is 2. The quantitative estimate of drug-likeness (QED) is 0.421. The van der Waals surface area contributed by atoms with Gasteiger partial charge in [-0.25, -0.2) is 9.59 Å². The summed E-state index contributed by atoms with van der Waals surface area (Å²) in [6.45, 7) is 12.9. The van der Waals surface area contributed by atoms with Crippen molar-refractivity contribution in [3.63, 3.8) is 0 Å².